The molecular formula is C14H17NO3. The Morgan fingerprint density at radius 1 is 1.33 bits per heavy atom. The van der Waals surface area contributed by atoms with Gasteiger partial charge in [-0.3, -0.25) is 4.79 Å². The van der Waals surface area contributed by atoms with E-state index in [4.69, 9.17) is 4.74 Å². The van der Waals surface area contributed by atoms with Crippen LogP contribution in [0.4, 0.5) is 0 Å². The number of hydrogen-bond donors (Lipinski definition) is 0. The van der Waals surface area contributed by atoms with E-state index in [0.29, 0.717) is 6.42 Å². The Morgan fingerprint density at radius 3 is 2.61 bits per heavy atom. The summed E-state index contributed by atoms with van der Waals surface area (Å²) in [7, 11) is 1.64. The Morgan fingerprint density at radius 2 is 2.00 bits per heavy atom. The largest absolute Gasteiger partial charge is 0.459 e. The fourth-order valence-electron chi connectivity index (χ4n) is 2.26. The van der Waals surface area contributed by atoms with Gasteiger partial charge in [0, 0.05) is 7.05 Å². The van der Waals surface area contributed by atoms with Gasteiger partial charge in [0.15, 0.2) is 0 Å². The summed E-state index contributed by atoms with van der Waals surface area (Å²) in [5, 5.41) is 0. The molecule has 0 radical (unpaired) electrons. The van der Waals surface area contributed by atoms with Gasteiger partial charge in [-0.2, -0.15) is 0 Å². The summed E-state index contributed by atoms with van der Waals surface area (Å²) in [5.41, 5.74) is 0.951. The van der Waals surface area contributed by atoms with E-state index >= 15 is 0 Å². The van der Waals surface area contributed by atoms with Gasteiger partial charge in [0.05, 0.1) is 5.92 Å². The number of carbonyl (C=O) groups excluding carboxylic acids is 2. The molecule has 96 valence electrons. The van der Waals surface area contributed by atoms with Gasteiger partial charge in [-0.05, 0) is 12.0 Å². The normalized spacial score (nSPS) is 22.6. The summed E-state index contributed by atoms with van der Waals surface area (Å²) < 4.78 is 5.25. The van der Waals surface area contributed by atoms with E-state index in [0.717, 1.165) is 5.56 Å². The third-order valence-corrected chi connectivity index (χ3v) is 3.37. The van der Waals surface area contributed by atoms with E-state index in [1.54, 1.807) is 7.05 Å². The van der Waals surface area contributed by atoms with E-state index in [1.807, 2.05) is 37.3 Å². The monoisotopic (exact) mass is 247 g/mol. The lowest BCUT2D eigenvalue weighted by atomic mass is 9.86. The maximum absolute atomic E-state index is 11.9. The molecule has 0 bridgehead atoms. The molecule has 1 saturated heterocycles. The Hall–Kier alpha value is -1.84. The summed E-state index contributed by atoms with van der Waals surface area (Å²) in [6.07, 6.45) is 0.675. The molecule has 1 aromatic carbocycles. The highest BCUT2D eigenvalue weighted by atomic mass is 16.5. The van der Waals surface area contributed by atoms with E-state index < -0.39 is 6.04 Å². The number of β-lactam (4-membered cyclic amide) rings is 1. The first-order valence-electron chi connectivity index (χ1n) is 6.12. The molecule has 0 saturated carbocycles. The molecule has 0 spiro atoms. The molecule has 2 atom stereocenters. The number of amides is 1. The first-order chi connectivity index (χ1) is 8.65. The molecule has 1 aromatic rings. The first-order valence-corrected chi connectivity index (χ1v) is 6.12. The average Bonchev–Trinajstić information content (AvgIpc) is 2.42. The first kappa shape index (κ1) is 12.6. The summed E-state index contributed by atoms with van der Waals surface area (Å²) in [6.45, 7) is 2.17. The van der Waals surface area contributed by atoms with Crippen molar-refractivity contribution in [3.8, 4) is 0 Å². The van der Waals surface area contributed by atoms with Crippen LogP contribution in [0.5, 0.6) is 0 Å². The number of nitrogens with zero attached hydrogens (tertiary/aromatic N) is 1. The van der Waals surface area contributed by atoms with Gasteiger partial charge in [0.25, 0.3) is 0 Å². The molecule has 1 heterocycles. The topological polar surface area (TPSA) is 46.6 Å². The highest BCUT2D eigenvalue weighted by Gasteiger charge is 2.48. The van der Waals surface area contributed by atoms with Gasteiger partial charge < -0.3 is 9.64 Å². The Balaban J connectivity index is 1.91. The third-order valence-electron chi connectivity index (χ3n) is 3.37. The summed E-state index contributed by atoms with van der Waals surface area (Å²) in [4.78, 5) is 24.9. The van der Waals surface area contributed by atoms with Gasteiger partial charge >= 0.3 is 5.97 Å². The van der Waals surface area contributed by atoms with Gasteiger partial charge in [0.1, 0.15) is 12.6 Å². The summed E-state index contributed by atoms with van der Waals surface area (Å²) in [5.74, 6) is -0.495. The molecule has 4 heteroatoms. The van der Waals surface area contributed by atoms with Crippen molar-refractivity contribution in [3.63, 3.8) is 0 Å². The molecule has 18 heavy (non-hydrogen) atoms. The van der Waals surface area contributed by atoms with Crippen LogP contribution in [-0.4, -0.2) is 29.9 Å². The Kier molecular flexibility index (Phi) is 3.65. The average molecular weight is 247 g/mol. The van der Waals surface area contributed by atoms with Crippen LogP contribution in [0.15, 0.2) is 30.3 Å². The van der Waals surface area contributed by atoms with Gasteiger partial charge in [0.2, 0.25) is 5.91 Å². The highest BCUT2D eigenvalue weighted by Crippen LogP contribution is 2.28. The van der Waals surface area contributed by atoms with Crippen molar-refractivity contribution >= 4 is 11.9 Å². The molecular weight excluding hydrogens is 230 g/mol. The Labute approximate surface area is 107 Å². The summed E-state index contributed by atoms with van der Waals surface area (Å²) in [6, 6.07) is 9.11. The van der Waals surface area contributed by atoms with Crippen molar-refractivity contribution in [2.45, 2.75) is 26.0 Å². The van der Waals surface area contributed by atoms with E-state index in [9.17, 15) is 9.59 Å². The van der Waals surface area contributed by atoms with Crippen LogP contribution in [-0.2, 0) is 20.9 Å². The lowest BCUT2D eigenvalue weighted by Gasteiger charge is -2.42. The predicted octanol–water partition coefficient (Wildman–Crippen LogP) is 1.60. The zero-order chi connectivity index (χ0) is 13.1. The zero-order valence-electron chi connectivity index (χ0n) is 10.6. The van der Waals surface area contributed by atoms with E-state index in [2.05, 4.69) is 0 Å². The number of likely N-dealkylation sites (N-methyl/N-ethyl adjacent to an activating group) is 1. The smallest absolute Gasteiger partial charge is 0.330 e. The van der Waals surface area contributed by atoms with Crippen molar-refractivity contribution in [2.24, 2.45) is 5.92 Å². The van der Waals surface area contributed by atoms with Crippen LogP contribution in [0.1, 0.15) is 18.9 Å². The van der Waals surface area contributed by atoms with Crippen molar-refractivity contribution in [1.82, 2.24) is 4.90 Å². The molecule has 1 fully saturated rings. The number of ether oxygens (including phenoxy) is 1. The molecule has 0 aromatic heterocycles. The minimum absolute atomic E-state index is 0.0270. The van der Waals surface area contributed by atoms with Crippen LogP contribution < -0.4 is 0 Å². The number of esters is 1. The SMILES string of the molecule is CCC1C(=O)N(C)C1C(=O)OCc1ccccc1. The predicted molar refractivity (Wildman–Crippen MR) is 66.6 cm³/mol. The van der Waals surface area contributed by atoms with Crippen LogP contribution in [0.3, 0.4) is 0 Å². The minimum atomic E-state index is -0.411. The molecule has 1 aliphatic rings. The van der Waals surface area contributed by atoms with Crippen LogP contribution in [0.25, 0.3) is 0 Å². The number of likely N-dealkylation sites (tertiary alicyclic amines) is 1. The number of benzene rings is 1. The lowest BCUT2D eigenvalue weighted by molar-refractivity contribution is -0.173. The molecule has 2 rings (SSSR count). The maximum Gasteiger partial charge on any atom is 0.330 e. The molecule has 2 unspecified atom stereocenters. The zero-order valence-corrected chi connectivity index (χ0v) is 10.6. The van der Waals surface area contributed by atoms with Gasteiger partial charge in [-0.1, -0.05) is 37.3 Å². The second-order valence-corrected chi connectivity index (χ2v) is 4.50. The number of hydrogen-bond acceptors (Lipinski definition) is 3. The number of carbonyl (C=O) groups is 2. The maximum atomic E-state index is 11.9. The van der Waals surface area contributed by atoms with Gasteiger partial charge in [-0.15, -0.1) is 0 Å². The molecule has 1 amide bonds. The van der Waals surface area contributed by atoms with E-state index in [1.165, 1.54) is 4.90 Å². The lowest BCUT2D eigenvalue weighted by Crippen LogP contribution is -2.62. The Bertz CT molecular complexity index is 444. The molecule has 1 aliphatic heterocycles. The van der Waals surface area contributed by atoms with Crippen LogP contribution in [0, 0.1) is 5.92 Å². The minimum Gasteiger partial charge on any atom is -0.459 e. The van der Waals surface area contributed by atoms with Crippen molar-refractivity contribution in [2.75, 3.05) is 7.05 Å². The van der Waals surface area contributed by atoms with Crippen molar-refractivity contribution < 1.29 is 14.3 Å². The highest BCUT2D eigenvalue weighted by molar-refractivity contribution is 5.96. The fourth-order valence-corrected chi connectivity index (χ4v) is 2.26. The van der Waals surface area contributed by atoms with Crippen LogP contribution in [0.2, 0.25) is 0 Å². The second-order valence-electron chi connectivity index (χ2n) is 4.50. The third kappa shape index (κ3) is 2.23. The molecule has 0 N–H and O–H groups in total. The standard InChI is InChI=1S/C14H17NO3/c1-3-11-12(15(2)13(11)16)14(17)18-9-10-7-5-4-6-8-10/h4-8,11-12H,3,9H2,1-2H3. The number of rotatable bonds is 4. The van der Waals surface area contributed by atoms with Crippen molar-refractivity contribution in [3.05, 3.63) is 35.9 Å². The van der Waals surface area contributed by atoms with E-state index in [-0.39, 0.29) is 24.4 Å². The van der Waals surface area contributed by atoms with Crippen LogP contribution >= 0.6 is 0 Å². The second kappa shape index (κ2) is 5.21. The summed E-state index contributed by atoms with van der Waals surface area (Å²) >= 11 is 0. The molecule has 0 aliphatic carbocycles. The van der Waals surface area contributed by atoms with Gasteiger partial charge in [-0.25, -0.2) is 4.79 Å². The van der Waals surface area contributed by atoms with Crippen molar-refractivity contribution in [1.29, 1.82) is 0 Å². The fraction of sp³-hybridized carbons (Fsp3) is 0.429. The quantitative estimate of drug-likeness (QED) is 0.599. The molecule has 4 nitrogen and oxygen atoms in total.